The van der Waals surface area contributed by atoms with Crippen LogP contribution in [0.2, 0.25) is 0 Å². The normalized spacial score (nSPS) is 22.1. The Morgan fingerprint density at radius 3 is 2.60 bits per heavy atom. The van der Waals surface area contributed by atoms with Crippen molar-refractivity contribution >= 4 is 10.0 Å². The molecule has 1 aliphatic rings. The van der Waals surface area contributed by atoms with Crippen LogP contribution in [0.3, 0.4) is 0 Å². The number of ether oxygens (including phenoxy) is 1. The maximum atomic E-state index is 12.5. The number of rotatable bonds is 6. The molecule has 0 bridgehead atoms. The van der Waals surface area contributed by atoms with Gasteiger partial charge in [0.2, 0.25) is 10.0 Å². The molecule has 2 unspecified atom stereocenters. The van der Waals surface area contributed by atoms with Gasteiger partial charge in [0.05, 0.1) is 18.6 Å². The van der Waals surface area contributed by atoms with Gasteiger partial charge in [-0.15, -0.1) is 0 Å². The molecule has 112 valence electrons. The monoisotopic (exact) mass is 299 g/mol. The second-order valence-electron chi connectivity index (χ2n) is 5.39. The first kappa shape index (κ1) is 15.3. The molecule has 5 nitrogen and oxygen atoms in total. The first-order chi connectivity index (χ1) is 9.40. The lowest BCUT2D eigenvalue weighted by Crippen LogP contribution is -2.29. The number of methoxy groups -OCH3 is 1. The minimum atomic E-state index is -3.51. The van der Waals surface area contributed by atoms with Gasteiger partial charge in [0.25, 0.3) is 0 Å². The number of hydrogen-bond acceptors (Lipinski definition) is 4. The van der Waals surface area contributed by atoms with E-state index in [9.17, 15) is 13.5 Å². The Kier molecular flexibility index (Phi) is 4.36. The second kappa shape index (κ2) is 5.71. The molecule has 1 N–H and O–H groups in total. The molecule has 2 atom stereocenters. The molecule has 20 heavy (non-hydrogen) atoms. The summed E-state index contributed by atoms with van der Waals surface area (Å²) in [5.41, 5.74) is 0.474. The molecule has 2 rings (SSSR count). The maximum absolute atomic E-state index is 12.5. The van der Waals surface area contributed by atoms with Crippen LogP contribution in [0.25, 0.3) is 0 Å². The summed E-state index contributed by atoms with van der Waals surface area (Å²) in [4.78, 5) is 0.193. The number of aliphatic hydroxyl groups is 1. The lowest BCUT2D eigenvalue weighted by molar-refractivity contribution is 0.273. The van der Waals surface area contributed by atoms with Gasteiger partial charge in [-0.3, -0.25) is 0 Å². The fourth-order valence-corrected chi connectivity index (χ4v) is 3.58. The second-order valence-corrected chi connectivity index (χ2v) is 7.44. The van der Waals surface area contributed by atoms with Gasteiger partial charge in [-0.05, 0) is 36.5 Å². The molecule has 0 amide bonds. The van der Waals surface area contributed by atoms with Crippen molar-refractivity contribution in [3.05, 3.63) is 23.8 Å². The molecule has 6 heteroatoms. The molecule has 1 fully saturated rings. The summed E-state index contributed by atoms with van der Waals surface area (Å²) in [5, 5.41) is 9.28. The number of nitrogens with zero attached hydrogens (tertiary/aromatic N) is 1. The first-order valence-corrected chi connectivity index (χ1v) is 8.08. The fourth-order valence-electron chi connectivity index (χ4n) is 2.30. The van der Waals surface area contributed by atoms with Crippen LogP contribution in [0.15, 0.2) is 23.1 Å². The molecule has 1 aromatic rings. The van der Waals surface area contributed by atoms with Gasteiger partial charge in [0, 0.05) is 19.2 Å². The molecule has 0 aromatic heterocycles. The number of hydrogen-bond donors (Lipinski definition) is 1. The average Bonchev–Trinajstić information content (AvgIpc) is 3.13. The third-order valence-corrected chi connectivity index (χ3v) is 5.72. The predicted octanol–water partition coefficient (Wildman–Crippen LogP) is 1.46. The zero-order valence-electron chi connectivity index (χ0n) is 12.0. The van der Waals surface area contributed by atoms with E-state index in [0.29, 0.717) is 29.7 Å². The molecule has 0 saturated heterocycles. The lowest BCUT2D eigenvalue weighted by atomic mass is 10.2. The topological polar surface area (TPSA) is 66.8 Å². The quantitative estimate of drug-likeness (QED) is 0.863. The van der Waals surface area contributed by atoms with Crippen LogP contribution >= 0.6 is 0 Å². The van der Waals surface area contributed by atoms with Gasteiger partial charge >= 0.3 is 0 Å². The van der Waals surface area contributed by atoms with Crippen LogP contribution < -0.4 is 4.74 Å². The summed E-state index contributed by atoms with van der Waals surface area (Å²) in [6.45, 7) is 2.42. The van der Waals surface area contributed by atoms with Crippen molar-refractivity contribution in [2.45, 2.75) is 24.8 Å². The molecule has 1 aliphatic carbocycles. The van der Waals surface area contributed by atoms with Crippen molar-refractivity contribution in [2.24, 2.45) is 11.8 Å². The Balaban J connectivity index is 2.24. The summed E-state index contributed by atoms with van der Waals surface area (Å²) in [6.07, 6.45) is 1.09. The summed E-state index contributed by atoms with van der Waals surface area (Å²) >= 11 is 0. The van der Waals surface area contributed by atoms with Gasteiger partial charge in [-0.2, -0.15) is 0 Å². The highest BCUT2D eigenvalue weighted by Crippen LogP contribution is 2.38. The van der Waals surface area contributed by atoms with Crippen LogP contribution in [0.1, 0.15) is 18.9 Å². The van der Waals surface area contributed by atoms with E-state index in [0.717, 1.165) is 6.42 Å². The van der Waals surface area contributed by atoms with Crippen molar-refractivity contribution in [1.82, 2.24) is 4.31 Å². The fraction of sp³-hybridized carbons (Fsp3) is 0.571. The smallest absolute Gasteiger partial charge is 0.242 e. The summed E-state index contributed by atoms with van der Waals surface area (Å²) in [7, 11) is -0.419. The molecule has 1 aromatic carbocycles. The van der Waals surface area contributed by atoms with Crippen LogP contribution in [0.5, 0.6) is 5.75 Å². The summed E-state index contributed by atoms with van der Waals surface area (Å²) in [6, 6.07) is 4.56. The Hall–Kier alpha value is -1.11. The van der Waals surface area contributed by atoms with Gasteiger partial charge < -0.3 is 9.84 Å². The predicted molar refractivity (Wildman–Crippen MR) is 76.0 cm³/mol. The lowest BCUT2D eigenvalue weighted by Gasteiger charge is -2.18. The molecule has 0 radical (unpaired) electrons. The van der Waals surface area contributed by atoms with Gasteiger partial charge in [-0.1, -0.05) is 6.92 Å². The van der Waals surface area contributed by atoms with Crippen molar-refractivity contribution in [3.63, 3.8) is 0 Å². The van der Waals surface area contributed by atoms with E-state index < -0.39 is 10.0 Å². The number of benzene rings is 1. The summed E-state index contributed by atoms with van der Waals surface area (Å²) < 4.78 is 31.4. The highest BCUT2D eigenvalue weighted by Gasteiger charge is 2.36. The van der Waals surface area contributed by atoms with E-state index in [1.807, 2.05) is 0 Å². The minimum Gasteiger partial charge on any atom is -0.496 e. The van der Waals surface area contributed by atoms with E-state index in [2.05, 4.69) is 6.92 Å². The standard InChI is InChI=1S/C14H21NO4S/c1-10-6-11(10)8-15(2)20(17,18)13-4-5-14(19-3)12(7-13)9-16/h4-5,7,10-11,16H,6,8-9H2,1-3H3. The van der Waals surface area contributed by atoms with E-state index in [-0.39, 0.29) is 11.5 Å². The average molecular weight is 299 g/mol. The van der Waals surface area contributed by atoms with Gasteiger partial charge in [0.15, 0.2) is 0 Å². The highest BCUT2D eigenvalue weighted by atomic mass is 32.2. The molecule has 0 heterocycles. The zero-order chi connectivity index (χ0) is 14.9. The Morgan fingerprint density at radius 1 is 1.45 bits per heavy atom. The van der Waals surface area contributed by atoms with Crippen LogP contribution in [0, 0.1) is 11.8 Å². The molecule has 0 aliphatic heterocycles. The van der Waals surface area contributed by atoms with Crippen molar-refractivity contribution in [2.75, 3.05) is 20.7 Å². The van der Waals surface area contributed by atoms with Crippen LogP contribution in [-0.4, -0.2) is 38.5 Å². The van der Waals surface area contributed by atoms with E-state index in [1.165, 1.54) is 23.5 Å². The molecular weight excluding hydrogens is 278 g/mol. The van der Waals surface area contributed by atoms with Crippen molar-refractivity contribution < 1.29 is 18.3 Å². The number of sulfonamides is 1. The Labute approximate surface area is 120 Å². The van der Waals surface area contributed by atoms with Crippen molar-refractivity contribution in [3.8, 4) is 5.75 Å². The van der Waals surface area contributed by atoms with Gasteiger partial charge in [0.1, 0.15) is 5.75 Å². The van der Waals surface area contributed by atoms with E-state index >= 15 is 0 Å². The maximum Gasteiger partial charge on any atom is 0.242 e. The van der Waals surface area contributed by atoms with E-state index in [1.54, 1.807) is 13.1 Å². The van der Waals surface area contributed by atoms with Gasteiger partial charge in [-0.25, -0.2) is 12.7 Å². The first-order valence-electron chi connectivity index (χ1n) is 6.64. The van der Waals surface area contributed by atoms with E-state index in [4.69, 9.17) is 4.74 Å². The SMILES string of the molecule is COc1ccc(S(=O)(=O)N(C)CC2CC2C)cc1CO. The third kappa shape index (κ3) is 2.97. The molecule has 0 spiro atoms. The van der Waals surface area contributed by atoms with Crippen molar-refractivity contribution in [1.29, 1.82) is 0 Å². The summed E-state index contributed by atoms with van der Waals surface area (Å²) in [5.74, 6) is 1.56. The Bertz CT molecular complexity index is 585. The minimum absolute atomic E-state index is 0.193. The molecular formula is C14H21NO4S. The molecule has 1 saturated carbocycles. The Morgan fingerprint density at radius 2 is 2.10 bits per heavy atom. The van der Waals surface area contributed by atoms with Crippen LogP contribution in [-0.2, 0) is 16.6 Å². The number of aliphatic hydroxyl groups excluding tert-OH is 1. The highest BCUT2D eigenvalue weighted by molar-refractivity contribution is 7.89. The largest absolute Gasteiger partial charge is 0.496 e. The van der Waals surface area contributed by atoms with Crippen LogP contribution in [0.4, 0.5) is 0 Å². The third-order valence-electron chi connectivity index (χ3n) is 3.90. The zero-order valence-corrected chi connectivity index (χ0v) is 12.9.